The van der Waals surface area contributed by atoms with Crippen molar-refractivity contribution in [1.29, 1.82) is 0 Å². The van der Waals surface area contributed by atoms with Gasteiger partial charge in [-0.15, -0.1) is 0 Å². The van der Waals surface area contributed by atoms with Crippen LogP contribution in [0.4, 0.5) is 0 Å². The maximum atomic E-state index is 11.9. The Balaban J connectivity index is 2.42. The first-order valence-corrected chi connectivity index (χ1v) is 5.39. The van der Waals surface area contributed by atoms with Crippen molar-refractivity contribution < 1.29 is 4.42 Å². The number of nitrogens with zero attached hydrogens (tertiary/aromatic N) is 1. The molecule has 0 amide bonds. The number of hydrogen-bond acceptors (Lipinski definition) is 2. The van der Waals surface area contributed by atoms with E-state index in [4.69, 9.17) is 4.42 Å². The van der Waals surface area contributed by atoms with Gasteiger partial charge in [0, 0.05) is 18.8 Å². The first-order chi connectivity index (χ1) is 8.27. The Labute approximate surface area is 97.9 Å². The van der Waals surface area contributed by atoms with E-state index in [1.807, 2.05) is 36.5 Å². The molecule has 0 saturated heterocycles. The van der Waals surface area contributed by atoms with Crippen molar-refractivity contribution in [3.63, 3.8) is 0 Å². The van der Waals surface area contributed by atoms with E-state index < -0.39 is 0 Å². The zero-order valence-corrected chi connectivity index (χ0v) is 9.38. The third-order valence-corrected chi connectivity index (χ3v) is 2.87. The Morgan fingerprint density at radius 3 is 2.65 bits per heavy atom. The van der Waals surface area contributed by atoms with Gasteiger partial charge in [0.25, 0.3) is 5.56 Å². The summed E-state index contributed by atoms with van der Waals surface area (Å²) in [6.45, 7) is 0. The van der Waals surface area contributed by atoms with E-state index in [-0.39, 0.29) is 5.56 Å². The van der Waals surface area contributed by atoms with Gasteiger partial charge in [-0.3, -0.25) is 4.79 Å². The Bertz CT molecular complexity index is 723. The second-order valence-corrected chi connectivity index (χ2v) is 3.99. The quantitative estimate of drug-likeness (QED) is 0.638. The predicted molar refractivity (Wildman–Crippen MR) is 66.9 cm³/mol. The number of hydrogen-bond donors (Lipinski definition) is 0. The molecule has 17 heavy (non-hydrogen) atoms. The van der Waals surface area contributed by atoms with Crippen molar-refractivity contribution in [3.05, 3.63) is 59.2 Å². The molecule has 0 N–H and O–H groups in total. The van der Waals surface area contributed by atoms with Crippen LogP contribution in [0.5, 0.6) is 0 Å². The molecule has 2 aromatic heterocycles. The molecular formula is C14H11NO2. The highest BCUT2D eigenvalue weighted by Crippen LogP contribution is 2.26. The van der Waals surface area contributed by atoms with Crippen molar-refractivity contribution in [2.75, 3.05) is 0 Å². The molecule has 3 heteroatoms. The van der Waals surface area contributed by atoms with Gasteiger partial charge in [-0.25, -0.2) is 0 Å². The van der Waals surface area contributed by atoms with E-state index in [1.54, 1.807) is 23.9 Å². The van der Waals surface area contributed by atoms with E-state index in [9.17, 15) is 4.79 Å². The van der Waals surface area contributed by atoms with Gasteiger partial charge in [0.05, 0.1) is 11.6 Å². The van der Waals surface area contributed by atoms with Crippen molar-refractivity contribution in [3.8, 4) is 11.1 Å². The molecule has 3 aromatic rings. The van der Waals surface area contributed by atoms with Crippen LogP contribution in [0.25, 0.3) is 22.1 Å². The van der Waals surface area contributed by atoms with Gasteiger partial charge in [-0.05, 0) is 11.6 Å². The summed E-state index contributed by atoms with van der Waals surface area (Å²) in [5.74, 6) is 0. The number of benzene rings is 1. The van der Waals surface area contributed by atoms with E-state index in [1.165, 1.54) is 0 Å². The maximum Gasteiger partial charge on any atom is 0.261 e. The number of aromatic nitrogens is 1. The minimum Gasteiger partial charge on any atom is -0.463 e. The summed E-state index contributed by atoms with van der Waals surface area (Å²) in [5.41, 5.74) is 2.60. The van der Waals surface area contributed by atoms with Crippen LogP contribution in [0.1, 0.15) is 0 Å². The molecular weight excluding hydrogens is 214 g/mol. The molecule has 0 radical (unpaired) electrons. The fourth-order valence-corrected chi connectivity index (χ4v) is 2.01. The summed E-state index contributed by atoms with van der Waals surface area (Å²) in [5, 5.41) is 0.619. The zero-order chi connectivity index (χ0) is 11.8. The van der Waals surface area contributed by atoms with Gasteiger partial charge in [-0.2, -0.15) is 0 Å². The Morgan fingerprint density at radius 1 is 1.12 bits per heavy atom. The summed E-state index contributed by atoms with van der Waals surface area (Å²) in [7, 11) is 1.75. The summed E-state index contributed by atoms with van der Waals surface area (Å²) in [6, 6.07) is 11.6. The van der Waals surface area contributed by atoms with Crippen LogP contribution in [0, 0.1) is 0 Å². The highest BCUT2D eigenvalue weighted by atomic mass is 16.3. The third kappa shape index (κ3) is 1.47. The molecule has 0 saturated carbocycles. The van der Waals surface area contributed by atoms with Gasteiger partial charge in [0.1, 0.15) is 5.58 Å². The number of fused-ring (bicyclic) bond motifs is 1. The highest BCUT2D eigenvalue weighted by molar-refractivity contribution is 5.91. The molecule has 2 heterocycles. The van der Waals surface area contributed by atoms with E-state index in [0.717, 1.165) is 11.1 Å². The second kappa shape index (κ2) is 3.63. The smallest absolute Gasteiger partial charge is 0.261 e. The van der Waals surface area contributed by atoms with Gasteiger partial charge < -0.3 is 8.98 Å². The summed E-state index contributed by atoms with van der Waals surface area (Å²) in [4.78, 5) is 11.9. The van der Waals surface area contributed by atoms with Crippen LogP contribution < -0.4 is 5.56 Å². The lowest BCUT2D eigenvalue weighted by Crippen LogP contribution is -2.15. The number of furan rings is 1. The second-order valence-electron chi connectivity index (χ2n) is 3.99. The molecule has 1 aromatic carbocycles. The molecule has 0 unspecified atom stereocenters. The Morgan fingerprint density at radius 2 is 1.88 bits per heavy atom. The average Bonchev–Trinajstić information content (AvgIpc) is 2.84. The molecule has 3 nitrogen and oxygen atoms in total. The van der Waals surface area contributed by atoms with E-state index >= 15 is 0 Å². The van der Waals surface area contributed by atoms with Crippen LogP contribution in [-0.4, -0.2) is 4.57 Å². The molecule has 0 aliphatic carbocycles. The van der Waals surface area contributed by atoms with E-state index in [0.29, 0.717) is 11.0 Å². The minimum absolute atomic E-state index is 0.0339. The van der Waals surface area contributed by atoms with Crippen LogP contribution in [0.2, 0.25) is 0 Å². The van der Waals surface area contributed by atoms with Gasteiger partial charge in [-0.1, -0.05) is 30.3 Å². The Hall–Kier alpha value is -2.29. The van der Waals surface area contributed by atoms with Crippen molar-refractivity contribution in [2.45, 2.75) is 0 Å². The van der Waals surface area contributed by atoms with Crippen LogP contribution >= 0.6 is 0 Å². The third-order valence-electron chi connectivity index (χ3n) is 2.87. The molecule has 0 fully saturated rings. The normalized spacial score (nSPS) is 10.9. The maximum absolute atomic E-state index is 11.9. The van der Waals surface area contributed by atoms with E-state index in [2.05, 4.69) is 0 Å². The fourth-order valence-electron chi connectivity index (χ4n) is 2.01. The number of aryl methyl sites for hydroxylation is 1. The molecule has 0 atom stereocenters. The lowest BCUT2D eigenvalue weighted by Gasteiger charge is -2.05. The molecule has 0 aliphatic rings. The van der Waals surface area contributed by atoms with Crippen molar-refractivity contribution in [2.24, 2.45) is 7.05 Å². The minimum atomic E-state index is -0.0339. The molecule has 0 aliphatic heterocycles. The predicted octanol–water partition coefficient (Wildman–Crippen LogP) is 2.80. The first-order valence-electron chi connectivity index (χ1n) is 5.39. The van der Waals surface area contributed by atoms with Crippen LogP contribution in [-0.2, 0) is 7.05 Å². The topological polar surface area (TPSA) is 35.1 Å². The standard InChI is InChI=1S/C14H11NO2/c1-15-9-12(10-5-3-2-4-6-10)13-11(14(15)16)7-8-17-13/h2-9H,1H3. The zero-order valence-electron chi connectivity index (χ0n) is 9.38. The van der Waals surface area contributed by atoms with Gasteiger partial charge in [0.2, 0.25) is 0 Å². The average molecular weight is 225 g/mol. The molecule has 0 bridgehead atoms. The lowest BCUT2D eigenvalue weighted by molar-refractivity contribution is 0.615. The highest BCUT2D eigenvalue weighted by Gasteiger charge is 2.11. The summed E-state index contributed by atoms with van der Waals surface area (Å²) < 4.78 is 7.01. The van der Waals surface area contributed by atoms with Gasteiger partial charge in [0.15, 0.2) is 0 Å². The van der Waals surface area contributed by atoms with Crippen molar-refractivity contribution >= 4 is 11.0 Å². The largest absolute Gasteiger partial charge is 0.463 e. The van der Waals surface area contributed by atoms with Crippen molar-refractivity contribution in [1.82, 2.24) is 4.57 Å². The fraction of sp³-hybridized carbons (Fsp3) is 0.0714. The van der Waals surface area contributed by atoms with Gasteiger partial charge >= 0.3 is 0 Å². The number of rotatable bonds is 1. The summed E-state index contributed by atoms with van der Waals surface area (Å²) >= 11 is 0. The molecule has 3 rings (SSSR count). The first kappa shape index (κ1) is 9.90. The number of pyridine rings is 1. The molecule has 0 spiro atoms. The summed E-state index contributed by atoms with van der Waals surface area (Å²) in [6.07, 6.45) is 3.36. The SMILES string of the molecule is Cn1cc(-c2ccccc2)c2occc2c1=O. The van der Waals surface area contributed by atoms with Crippen LogP contribution in [0.3, 0.4) is 0 Å². The monoisotopic (exact) mass is 225 g/mol. The molecule has 84 valence electrons. The lowest BCUT2D eigenvalue weighted by atomic mass is 10.1. The Kier molecular flexibility index (Phi) is 2.11. The van der Waals surface area contributed by atoms with Crippen LogP contribution in [0.15, 0.2) is 58.1 Å².